The summed E-state index contributed by atoms with van der Waals surface area (Å²) in [4.78, 5) is 26.6. The minimum Gasteiger partial charge on any atom is -0.494 e. The summed E-state index contributed by atoms with van der Waals surface area (Å²) in [5, 5.41) is 12.9. The summed E-state index contributed by atoms with van der Waals surface area (Å²) >= 11 is 2.83. The molecule has 0 fully saturated rings. The monoisotopic (exact) mass is 542 g/mol. The molecular weight excluding hydrogens is 508 g/mol. The van der Waals surface area contributed by atoms with Crippen LogP contribution in [-0.4, -0.2) is 46.1 Å². The van der Waals surface area contributed by atoms with Crippen LogP contribution < -0.4 is 10.1 Å². The minimum atomic E-state index is -0.389. The molecule has 1 N–H and O–H groups in total. The predicted molar refractivity (Wildman–Crippen MR) is 148 cm³/mol. The number of hydrogen-bond donors (Lipinski definition) is 1. The van der Waals surface area contributed by atoms with Gasteiger partial charge in [-0.1, -0.05) is 31.5 Å². The van der Waals surface area contributed by atoms with Crippen LogP contribution in [0, 0.1) is 0 Å². The zero-order valence-electron chi connectivity index (χ0n) is 21.7. The van der Waals surface area contributed by atoms with E-state index >= 15 is 0 Å². The van der Waals surface area contributed by atoms with E-state index in [4.69, 9.17) is 9.47 Å². The lowest BCUT2D eigenvalue weighted by molar-refractivity contribution is -0.113. The standard InChI is InChI=1S/C27H34N4O4S2/c1-4-6-16-35-19-14-12-18(13-15-19)24-29-30-27(31(24)5-2)36-17-22(32)28-25-23(26(33)34-3)20-10-8-7-9-11-21(20)37-25/h12-15H,4-11,16-17H2,1-3H3,(H,28,32). The molecule has 37 heavy (non-hydrogen) atoms. The van der Waals surface area contributed by atoms with Crippen LogP contribution in [0.1, 0.15) is 66.8 Å². The van der Waals surface area contributed by atoms with Crippen LogP contribution in [-0.2, 0) is 28.9 Å². The van der Waals surface area contributed by atoms with E-state index in [1.54, 1.807) is 0 Å². The number of unbranched alkanes of at least 4 members (excludes halogenated alkanes) is 1. The highest BCUT2D eigenvalue weighted by Crippen LogP contribution is 2.38. The van der Waals surface area contributed by atoms with Crippen molar-refractivity contribution in [3.63, 3.8) is 0 Å². The van der Waals surface area contributed by atoms with E-state index < -0.39 is 0 Å². The number of hydrogen-bond acceptors (Lipinski definition) is 8. The number of aromatic nitrogens is 3. The van der Waals surface area contributed by atoms with Crippen LogP contribution >= 0.6 is 23.1 Å². The Labute approximate surface area is 226 Å². The molecule has 0 unspecified atom stereocenters. The average molecular weight is 543 g/mol. The summed E-state index contributed by atoms with van der Waals surface area (Å²) in [5.41, 5.74) is 2.50. The number of carbonyl (C=O) groups is 2. The first-order valence-electron chi connectivity index (χ1n) is 12.9. The fourth-order valence-corrected chi connectivity index (χ4v) is 6.47. The number of nitrogens with zero attached hydrogens (tertiary/aromatic N) is 3. The number of carbonyl (C=O) groups excluding carboxylic acids is 2. The Morgan fingerprint density at radius 2 is 1.89 bits per heavy atom. The number of methoxy groups -OCH3 is 1. The molecule has 2 aromatic heterocycles. The molecule has 198 valence electrons. The smallest absolute Gasteiger partial charge is 0.341 e. The molecule has 2 heterocycles. The van der Waals surface area contributed by atoms with Gasteiger partial charge in [0.1, 0.15) is 10.8 Å². The summed E-state index contributed by atoms with van der Waals surface area (Å²) in [6.07, 6.45) is 7.19. The van der Waals surface area contributed by atoms with Gasteiger partial charge in [0.15, 0.2) is 11.0 Å². The van der Waals surface area contributed by atoms with Crippen molar-refractivity contribution in [1.29, 1.82) is 0 Å². The Morgan fingerprint density at radius 1 is 1.11 bits per heavy atom. The number of amides is 1. The molecule has 0 saturated carbocycles. The summed E-state index contributed by atoms with van der Waals surface area (Å²) in [6, 6.07) is 7.85. The largest absolute Gasteiger partial charge is 0.494 e. The van der Waals surface area contributed by atoms with Gasteiger partial charge in [-0.2, -0.15) is 0 Å². The number of thiophene rings is 1. The molecule has 0 aliphatic heterocycles. The van der Waals surface area contributed by atoms with Crippen molar-refractivity contribution in [2.24, 2.45) is 0 Å². The quantitative estimate of drug-likeness (QED) is 0.138. The summed E-state index contributed by atoms with van der Waals surface area (Å²) in [7, 11) is 1.38. The molecule has 0 spiro atoms. The van der Waals surface area contributed by atoms with E-state index in [2.05, 4.69) is 22.4 Å². The van der Waals surface area contributed by atoms with Gasteiger partial charge in [-0.15, -0.1) is 21.5 Å². The molecule has 1 aliphatic rings. The molecular formula is C27H34N4O4S2. The van der Waals surface area contributed by atoms with E-state index in [0.29, 0.717) is 28.9 Å². The summed E-state index contributed by atoms with van der Waals surface area (Å²) < 4.78 is 12.8. The normalized spacial score (nSPS) is 13.1. The maximum absolute atomic E-state index is 12.9. The highest BCUT2D eigenvalue weighted by Gasteiger charge is 2.26. The fourth-order valence-electron chi connectivity index (χ4n) is 4.37. The second kappa shape index (κ2) is 13.1. The molecule has 1 amide bonds. The van der Waals surface area contributed by atoms with Crippen molar-refractivity contribution < 1.29 is 19.1 Å². The first kappa shape index (κ1) is 27.2. The molecule has 0 bridgehead atoms. The zero-order chi connectivity index (χ0) is 26.2. The number of ether oxygens (including phenoxy) is 2. The van der Waals surface area contributed by atoms with Crippen LogP contribution in [0.2, 0.25) is 0 Å². The Kier molecular flexibility index (Phi) is 9.62. The van der Waals surface area contributed by atoms with Crippen LogP contribution in [0.4, 0.5) is 5.00 Å². The van der Waals surface area contributed by atoms with Gasteiger partial charge >= 0.3 is 5.97 Å². The topological polar surface area (TPSA) is 95.3 Å². The zero-order valence-corrected chi connectivity index (χ0v) is 23.3. The van der Waals surface area contributed by atoms with Crippen LogP contribution in [0.25, 0.3) is 11.4 Å². The second-order valence-corrected chi connectivity index (χ2v) is 10.9. The van der Waals surface area contributed by atoms with Crippen LogP contribution in [0.3, 0.4) is 0 Å². The first-order valence-corrected chi connectivity index (χ1v) is 14.7. The van der Waals surface area contributed by atoms with Gasteiger partial charge in [0.25, 0.3) is 0 Å². The molecule has 0 saturated heterocycles. The van der Waals surface area contributed by atoms with E-state index in [1.807, 2.05) is 35.8 Å². The number of aryl methyl sites for hydroxylation is 1. The summed E-state index contributed by atoms with van der Waals surface area (Å²) in [6.45, 7) is 5.55. The second-order valence-electron chi connectivity index (χ2n) is 8.87. The van der Waals surface area contributed by atoms with Gasteiger partial charge in [-0.3, -0.25) is 4.79 Å². The molecule has 0 radical (unpaired) electrons. The SMILES string of the molecule is CCCCOc1ccc(-c2nnc(SCC(=O)Nc3sc4c(c3C(=O)OC)CCCCC4)n2CC)cc1. The van der Waals surface area contributed by atoms with Crippen LogP contribution in [0.15, 0.2) is 29.4 Å². The van der Waals surface area contributed by atoms with Gasteiger partial charge in [-0.05, 0) is 68.9 Å². The highest BCUT2D eigenvalue weighted by atomic mass is 32.2. The lowest BCUT2D eigenvalue weighted by Gasteiger charge is -2.09. The minimum absolute atomic E-state index is 0.158. The maximum Gasteiger partial charge on any atom is 0.341 e. The highest BCUT2D eigenvalue weighted by molar-refractivity contribution is 7.99. The van der Waals surface area contributed by atoms with Gasteiger partial charge in [0, 0.05) is 17.0 Å². The van der Waals surface area contributed by atoms with Gasteiger partial charge < -0.3 is 19.4 Å². The van der Waals surface area contributed by atoms with Crippen molar-refractivity contribution in [2.45, 2.75) is 70.5 Å². The number of thioether (sulfide) groups is 1. The molecule has 1 aromatic carbocycles. The Bertz CT molecular complexity index is 1220. The predicted octanol–water partition coefficient (Wildman–Crippen LogP) is 5.99. The Morgan fingerprint density at radius 3 is 2.62 bits per heavy atom. The van der Waals surface area contributed by atoms with Gasteiger partial charge in [-0.25, -0.2) is 4.79 Å². The maximum atomic E-state index is 12.9. The molecule has 10 heteroatoms. The van der Waals surface area contributed by atoms with Gasteiger partial charge in [0.2, 0.25) is 5.91 Å². The van der Waals surface area contributed by atoms with Crippen molar-refractivity contribution in [2.75, 3.05) is 24.8 Å². The number of esters is 1. The Balaban J connectivity index is 1.43. The summed E-state index contributed by atoms with van der Waals surface area (Å²) in [5.74, 6) is 1.17. The van der Waals surface area contributed by atoms with Crippen molar-refractivity contribution in [3.8, 4) is 17.1 Å². The van der Waals surface area contributed by atoms with Crippen molar-refractivity contribution in [1.82, 2.24) is 14.8 Å². The van der Waals surface area contributed by atoms with E-state index in [0.717, 1.165) is 67.6 Å². The number of fused-ring (bicyclic) bond motifs is 1. The molecule has 0 atom stereocenters. The molecule has 1 aliphatic carbocycles. The third-order valence-corrected chi connectivity index (χ3v) is 8.48. The number of anilines is 1. The van der Waals surface area contributed by atoms with E-state index in [1.165, 1.54) is 35.1 Å². The molecule has 8 nitrogen and oxygen atoms in total. The van der Waals surface area contributed by atoms with Crippen LogP contribution in [0.5, 0.6) is 5.75 Å². The molecule has 3 aromatic rings. The third-order valence-electron chi connectivity index (χ3n) is 6.31. The van der Waals surface area contributed by atoms with Crippen molar-refractivity contribution in [3.05, 3.63) is 40.3 Å². The van der Waals surface area contributed by atoms with Gasteiger partial charge in [0.05, 0.1) is 25.0 Å². The fraction of sp³-hybridized carbons (Fsp3) is 0.481. The number of nitrogens with one attached hydrogen (secondary N) is 1. The number of benzene rings is 1. The Hall–Kier alpha value is -2.85. The van der Waals surface area contributed by atoms with Crippen molar-refractivity contribution >= 4 is 40.0 Å². The lowest BCUT2D eigenvalue weighted by atomic mass is 10.1. The first-order chi connectivity index (χ1) is 18.0. The molecule has 4 rings (SSSR count). The lowest BCUT2D eigenvalue weighted by Crippen LogP contribution is -2.16. The van der Waals surface area contributed by atoms with E-state index in [-0.39, 0.29) is 17.6 Å². The average Bonchev–Trinajstić information content (AvgIpc) is 3.40. The van der Waals surface area contributed by atoms with E-state index in [9.17, 15) is 9.59 Å². The number of rotatable bonds is 11. The third kappa shape index (κ3) is 6.54.